The van der Waals surface area contributed by atoms with Crippen LogP contribution in [0.1, 0.15) is 24.5 Å². The molecule has 0 saturated heterocycles. The van der Waals surface area contributed by atoms with Gasteiger partial charge in [0.25, 0.3) is 0 Å². The number of nitrogens with one attached hydrogen (secondary N) is 1. The van der Waals surface area contributed by atoms with Crippen LogP contribution in [-0.2, 0) is 0 Å². The molecule has 0 bridgehead atoms. The minimum absolute atomic E-state index is 0.514. The van der Waals surface area contributed by atoms with Crippen LogP contribution < -0.4 is 5.32 Å². The zero-order valence-corrected chi connectivity index (χ0v) is 13.3. The van der Waals surface area contributed by atoms with E-state index in [-0.39, 0.29) is 0 Å². The van der Waals surface area contributed by atoms with Crippen LogP contribution in [-0.4, -0.2) is 16.7 Å². The van der Waals surface area contributed by atoms with E-state index < -0.39 is 0 Å². The van der Waals surface area contributed by atoms with Gasteiger partial charge in [0.05, 0.1) is 15.7 Å². The average molecular weight is 310 g/mol. The van der Waals surface area contributed by atoms with Gasteiger partial charge in [-0.1, -0.05) is 42.3 Å². The van der Waals surface area contributed by atoms with Crippen molar-refractivity contribution in [1.82, 2.24) is 10.2 Å². The number of rotatable bonds is 4. The second-order valence-corrected chi connectivity index (χ2v) is 5.46. The Kier molecular flexibility index (Phi) is 4.84. The Hall–Kier alpha value is -1.32. The fourth-order valence-corrected chi connectivity index (χ4v) is 2.35. The van der Waals surface area contributed by atoms with Crippen molar-refractivity contribution in [3.8, 4) is 11.3 Å². The maximum Gasteiger partial charge on any atom is 0.151 e. The summed E-state index contributed by atoms with van der Waals surface area (Å²) in [6.45, 7) is 7.05. The fraction of sp³-hybridized carbons (Fsp3) is 0.333. The average Bonchev–Trinajstić information content (AvgIpc) is 2.44. The lowest BCUT2D eigenvalue weighted by Crippen LogP contribution is -2.07. The van der Waals surface area contributed by atoms with E-state index in [2.05, 4.69) is 22.4 Å². The van der Waals surface area contributed by atoms with Gasteiger partial charge in [-0.05, 0) is 37.5 Å². The van der Waals surface area contributed by atoms with Crippen LogP contribution in [0.3, 0.4) is 0 Å². The highest BCUT2D eigenvalue weighted by atomic mass is 35.5. The molecule has 0 unspecified atom stereocenters. The second kappa shape index (κ2) is 6.42. The summed E-state index contributed by atoms with van der Waals surface area (Å²) in [6.07, 6.45) is 1.04. The molecule has 0 saturated carbocycles. The molecule has 0 aliphatic rings. The first-order valence-corrected chi connectivity index (χ1v) is 7.34. The van der Waals surface area contributed by atoms with Gasteiger partial charge >= 0.3 is 0 Å². The molecular weight excluding hydrogens is 293 g/mol. The van der Waals surface area contributed by atoms with E-state index in [0.717, 1.165) is 41.2 Å². The van der Waals surface area contributed by atoms with Gasteiger partial charge in [0.2, 0.25) is 0 Å². The Balaban J connectivity index is 2.48. The molecule has 1 aromatic carbocycles. The van der Waals surface area contributed by atoms with Crippen LogP contribution in [0.25, 0.3) is 11.3 Å². The van der Waals surface area contributed by atoms with Crippen molar-refractivity contribution in [1.29, 1.82) is 0 Å². The summed E-state index contributed by atoms with van der Waals surface area (Å²) in [7, 11) is 0. The highest BCUT2D eigenvalue weighted by Crippen LogP contribution is 2.35. The maximum absolute atomic E-state index is 6.26. The molecule has 106 valence electrons. The Bertz CT molecular complexity index is 627. The topological polar surface area (TPSA) is 37.8 Å². The van der Waals surface area contributed by atoms with Crippen LogP contribution >= 0.6 is 23.2 Å². The van der Waals surface area contributed by atoms with Gasteiger partial charge in [-0.3, -0.25) is 0 Å². The van der Waals surface area contributed by atoms with Gasteiger partial charge < -0.3 is 5.32 Å². The molecule has 0 radical (unpaired) electrons. The zero-order valence-electron chi connectivity index (χ0n) is 11.8. The third kappa shape index (κ3) is 2.89. The van der Waals surface area contributed by atoms with Crippen molar-refractivity contribution in [2.45, 2.75) is 27.2 Å². The molecule has 0 fully saturated rings. The minimum atomic E-state index is 0.514. The van der Waals surface area contributed by atoms with E-state index in [1.165, 1.54) is 0 Å². The van der Waals surface area contributed by atoms with E-state index in [1.807, 2.05) is 26.0 Å². The molecule has 0 amide bonds. The first-order chi connectivity index (χ1) is 9.56. The lowest BCUT2D eigenvalue weighted by molar-refractivity contribution is 0.933. The van der Waals surface area contributed by atoms with E-state index in [0.29, 0.717) is 10.0 Å². The molecule has 3 nitrogen and oxygen atoms in total. The van der Waals surface area contributed by atoms with E-state index in [4.69, 9.17) is 23.2 Å². The molecule has 0 aliphatic carbocycles. The van der Waals surface area contributed by atoms with Crippen LogP contribution in [0.15, 0.2) is 18.2 Å². The summed E-state index contributed by atoms with van der Waals surface area (Å²) >= 11 is 12.3. The van der Waals surface area contributed by atoms with Crippen LogP contribution in [0.5, 0.6) is 0 Å². The number of hydrogen-bond acceptors (Lipinski definition) is 3. The lowest BCUT2D eigenvalue weighted by atomic mass is 10.0. The molecule has 1 heterocycles. The zero-order chi connectivity index (χ0) is 14.7. The Morgan fingerprint density at radius 2 is 1.85 bits per heavy atom. The SMILES string of the molecule is CCCNc1nnc(-c2cccc(Cl)c2Cl)c(C)c1C. The Morgan fingerprint density at radius 1 is 1.10 bits per heavy atom. The van der Waals surface area contributed by atoms with Crippen molar-refractivity contribution in [3.63, 3.8) is 0 Å². The molecule has 0 spiro atoms. The van der Waals surface area contributed by atoms with Crippen molar-refractivity contribution >= 4 is 29.0 Å². The van der Waals surface area contributed by atoms with Crippen molar-refractivity contribution < 1.29 is 0 Å². The second-order valence-electron chi connectivity index (χ2n) is 4.68. The number of nitrogens with zero attached hydrogens (tertiary/aromatic N) is 2. The van der Waals surface area contributed by atoms with Crippen LogP contribution in [0.4, 0.5) is 5.82 Å². The van der Waals surface area contributed by atoms with Crippen molar-refractivity contribution in [2.75, 3.05) is 11.9 Å². The highest BCUT2D eigenvalue weighted by Gasteiger charge is 2.14. The summed E-state index contributed by atoms with van der Waals surface area (Å²) in [5, 5.41) is 12.9. The number of halogens is 2. The molecule has 0 atom stereocenters. The van der Waals surface area contributed by atoms with Gasteiger partial charge in [0.15, 0.2) is 5.82 Å². The number of benzene rings is 1. The summed E-state index contributed by atoms with van der Waals surface area (Å²) in [4.78, 5) is 0. The van der Waals surface area contributed by atoms with Crippen molar-refractivity contribution in [2.24, 2.45) is 0 Å². The third-order valence-electron chi connectivity index (χ3n) is 3.27. The fourth-order valence-electron chi connectivity index (χ4n) is 1.96. The highest BCUT2D eigenvalue weighted by molar-refractivity contribution is 6.43. The van der Waals surface area contributed by atoms with E-state index in [1.54, 1.807) is 6.07 Å². The largest absolute Gasteiger partial charge is 0.368 e. The van der Waals surface area contributed by atoms with Crippen LogP contribution in [0.2, 0.25) is 10.0 Å². The van der Waals surface area contributed by atoms with Gasteiger partial charge in [-0.25, -0.2) is 0 Å². The smallest absolute Gasteiger partial charge is 0.151 e. The minimum Gasteiger partial charge on any atom is -0.368 e. The lowest BCUT2D eigenvalue weighted by Gasteiger charge is -2.13. The molecule has 1 N–H and O–H groups in total. The van der Waals surface area contributed by atoms with Crippen molar-refractivity contribution in [3.05, 3.63) is 39.4 Å². The van der Waals surface area contributed by atoms with E-state index >= 15 is 0 Å². The summed E-state index contributed by atoms with van der Waals surface area (Å²) < 4.78 is 0. The number of aromatic nitrogens is 2. The predicted octanol–water partition coefficient (Wildman–Crippen LogP) is 4.89. The molecule has 1 aromatic heterocycles. The van der Waals surface area contributed by atoms with Gasteiger partial charge in [0.1, 0.15) is 0 Å². The first-order valence-electron chi connectivity index (χ1n) is 6.58. The molecule has 20 heavy (non-hydrogen) atoms. The van der Waals surface area contributed by atoms with Crippen LogP contribution in [0, 0.1) is 13.8 Å². The van der Waals surface area contributed by atoms with E-state index in [9.17, 15) is 0 Å². The molecule has 5 heteroatoms. The van der Waals surface area contributed by atoms with Gasteiger partial charge in [-0.2, -0.15) is 0 Å². The standard InChI is InChI=1S/C15H17Cl2N3/c1-4-8-18-15-10(3)9(2)14(19-20-15)11-6-5-7-12(16)13(11)17/h5-7H,4,8H2,1-3H3,(H,18,20). The number of anilines is 1. The quantitative estimate of drug-likeness (QED) is 0.873. The maximum atomic E-state index is 6.26. The molecule has 2 rings (SSSR count). The number of hydrogen-bond donors (Lipinski definition) is 1. The summed E-state index contributed by atoms with van der Waals surface area (Å²) in [5.74, 6) is 0.825. The van der Waals surface area contributed by atoms with Gasteiger partial charge in [-0.15, -0.1) is 10.2 Å². The molecule has 0 aliphatic heterocycles. The summed E-state index contributed by atoms with van der Waals surface area (Å²) in [6, 6.07) is 5.53. The first kappa shape index (κ1) is 15.1. The monoisotopic (exact) mass is 309 g/mol. The summed E-state index contributed by atoms with van der Waals surface area (Å²) in [5.41, 5.74) is 3.73. The normalized spacial score (nSPS) is 10.7. The van der Waals surface area contributed by atoms with Gasteiger partial charge in [0, 0.05) is 12.1 Å². The Morgan fingerprint density at radius 3 is 2.55 bits per heavy atom. The third-order valence-corrected chi connectivity index (χ3v) is 4.09. The predicted molar refractivity (Wildman–Crippen MR) is 85.7 cm³/mol. The molecular formula is C15H17Cl2N3. The Labute approximate surface area is 129 Å². The molecule has 2 aromatic rings.